The van der Waals surface area contributed by atoms with E-state index in [1.165, 1.54) is 4.90 Å². The number of ether oxygens (including phenoxy) is 1. The lowest BCUT2D eigenvalue weighted by Gasteiger charge is -2.41. The first-order valence-electron chi connectivity index (χ1n) is 12.3. The highest BCUT2D eigenvalue weighted by molar-refractivity contribution is 5.96. The molecule has 0 radical (unpaired) electrons. The molecular weight excluding hydrogens is 442 g/mol. The minimum absolute atomic E-state index is 0.0285. The Kier molecular flexibility index (Phi) is 7.11. The molecule has 188 valence electrons. The fourth-order valence-corrected chi connectivity index (χ4v) is 5.50. The van der Waals surface area contributed by atoms with Crippen molar-refractivity contribution in [1.82, 2.24) is 24.9 Å². The van der Waals surface area contributed by atoms with Crippen molar-refractivity contribution in [2.24, 2.45) is 0 Å². The van der Waals surface area contributed by atoms with Crippen LogP contribution < -0.4 is 5.32 Å². The van der Waals surface area contributed by atoms with Crippen molar-refractivity contribution in [1.29, 1.82) is 0 Å². The highest BCUT2D eigenvalue weighted by Crippen LogP contribution is 2.25. The van der Waals surface area contributed by atoms with Gasteiger partial charge in [-0.05, 0) is 46.6 Å². The molecule has 4 heterocycles. The van der Waals surface area contributed by atoms with Gasteiger partial charge in [-0.1, -0.05) is 0 Å². The first kappa shape index (κ1) is 24.4. The van der Waals surface area contributed by atoms with Crippen LogP contribution in [0.2, 0.25) is 0 Å². The number of esters is 1. The van der Waals surface area contributed by atoms with E-state index in [1.807, 2.05) is 11.9 Å². The monoisotopic (exact) mass is 477 g/mol. The summed E-state index contributed by atoms with van der Waals surface area (Å²) in [6.07, 6.45) is 1.67. The molecule has 4 amide bonds. The van der Waals surface area contributed by atoms with Gasteiger partial charge in [-0.25, -0.2) is 4.79 Å². The second kappa shape index (κ2) is 9.89. The Morgan fingerprint density at radius 1 is 0.794 bits per heavy atom. The van der Waals surface area contributed by atoms with Gasteiger partial charge in [-0.3, -0.25) is 19.2 Å². The van der Waals surface area contributed by atoms with Crippen molar-refractivity contribution in [2.45, 2.75) is 76.2 Å². The number of likely N-dealkylation sites (N-methyl/N-ethyl adjacent to an activating group) is 1. The number of nitrogens with zero attached hydrogens (tertiary/aromatic N) is 4. The Labute approximate surface area is 199 Å². The number of hydrogen-bond donors (Lipinski definition) is 1. The van der Waals surface area contributed by atoms with Crippen LogP contribution in [-0.2, 0) is 28.7 Å². The van der Waals surface area contributed by atoms with E-state index in [4.69, 9.17) is 4.74 Å². The predicted molar refractivity (Wildman–Crippen MR) is 120 cm³/mol. The lowest BCUT2D eigenvalue weighted by atomic mass is 10.1. The number of fused-ring (bicyclic) bond motifs is 3. The molecule has 34 heavy (non-hydrogen) atoms. The summed E-state index contributed by atoms with van der Waals surface area (Å²) in [6.45, 7) is 5.45. The van der Waals surface area contributed by atoms with E-state index in [-0.39, 0.29) is 24.1 Å². The van der Waals surface area contributed by atoms with Gasteiger partial charge < -0.3 is 29.7 Å². The Hall–Kier alpha value is -2.69. The summed E-state index contributed by atoms with van der Waals surface area (Å²) in [6, 6.07) is -2.97. The molecule has 4 fully saturated rings. The number of nitrogens with one attached hydrogen (secondary N) is 1. The van der Waals surface area contributed by atoms with Crippen molar-refractivity contribution in [3.63, 3.8) is 0 Å². The molecule has 0 aromatic rings. The summed E-state index contributed by atoms with van der Waals surface area (Å²) >= 11 is 0. The molecule has 0 bridgehead atoms. The number of hydrogen-bond acceptors (Lipinski definition) is 7. The Bertz CT molecular complexity index is 865. The van der Waals surface area contributed by atoms with Gasteiger partial charge in [0.05, 0.1) is 6.42 Å². The third-order valence-electron chi connectivity index (χ3n) is 7.34. The van der Waals surface area contributed by atoms with Crippen LogP contribution in [0.5, 0.6) is 0 Å². The first-order chi connectivity index (χ1) is 16.2. The van der Waals surface area contributed by atoms with Gasteiger partial charge >= 0.3 is 5.97 Å². The molecule has 5 unspecified atom stereocenters. The molecular formula is C23H35N5O6. The maximum atomic E-state index is 13.6. The maximum absolute atomic E-state index is 13.6. The molecule has 4 rings (SSSR count). The van der Waals surface area contributed by atoms with Gasteiger partial charge in [0.2, 0.25) is 23.6 Å². The van der Waals surface area contributed by atoms with Gasteiger partial charge in [-0.2, -0.15) is 0 Å². The third-order valence-corrected chi connectivity index (χ3v) is 7.34. The van der Waals surface area contributed by atoms with Crippen LogP contribution in [0, 0.1) is 0 Å². The molecule has 0 aromatic heterocycles. The maximum Gasteiger partial charge on any atom is 0.329 e. The van der Waals surface area contributed by atoms with Gasteiger partial charge in [0.25, 0.3) is 0 Å². The van der Waals surface area contributed by atoms with Crippen molar-refractivity contribution in [3.8, 4) is 0 Å². The zero-order valence-corrected chi connectivity index (χ0v) is 20.2. The molecule has 0 aliphatic carbocycles. The van der Waals surface area contributed by atoms with E-state index >= 15 is 0 Å². The molecule has 4 saturated heterocycles. The van der Waals surface area contributed by atoms with Gasteiger partial charge in [-0.15, -0.1) is 0 Å². The quantitative estimate of drug-likeness (QED) is 0.442. The van der Waals surface area contributed by atoms with Gasteiger partial charge in [0.1, 0.15) is 30.3 Å². The largest absolute Gasteiger partial charge is 0.461 e. The topological polar surface area (TPSA) is 120 Å². The number of piperazine rings is 1. The standard InChI is InChI=1S/C23H35N5O6/c1-14-12-19(29)26-8-4-6-16(26)22(32)28-11-10-25(3)13-18(28)20(30)24-15(2)21(31)27-9-5-7-17(27)23(33)34-14/h14-18H,4-13H2,1-3H3,(H,24,30). The highest BCUT2D eigenvalue weighted by atomic mass is 16.5. The van der Waals surface area contributed by atoms with Crippen LogP contribution in [0.3, 0.4) is 0 Å². The fourth-order valence-electron chi connectivity index (χ4n) is 5.50. The minimum atomic E-state index is -0.847. The number of rotatable bonds is 0. The van der Waals surface area contributed by atoms with Crippen LogP contribution in [0.4, 0.5) is 0 Å². The van der Waals surface area contributed by atoms with Gasteiger partial charge in [0.15, 0.2) is 0 Å². The molecule has 0 aromatic carbocycles. The normalized spacial score (nSPS) is 34.5. The van der Waals surface area contributed by atoms with Crippen LogP contribution in [0.15, 0.2) is 0 Å². The molecule has 1 N–H and O–H groups in total. The summed E-state index contributed by atoms with van der Waals surface area (Å²) < 4.78 is 5.54. The number of cyclic esters (lactones) is 1. The summed E-state index contributed by atoms with van der Waals surface area (Å²) in [5, 5.41) is 2.77. The summed E-state index contributed by atoms with van der Waals surface area (Å²) in [5.74, 6) is -1.78. The lowest BCUT2D eigenvalue weighted by molar-refractivity contribution is -0.160. The third kappa shape index (κ3) is 4.75. The molecule has 4 aliphatic heterocycles. The van der Waals surface area contributed by atoms with Crippen LogP contribution in [0.25, 0.3) is 0 Å². The Morgan fingerprint density at radius 2 is 1.44 bits per heavy atom. The van der Waals surface area contributed by atoms with E-state index in [0.717, 1.165) is 0 Å². The van der Waals surface area contributed by atoms with Gasteiger partial charge in [0, 0.05) is 32.7 Å². The number of carbonyl (C=O) groups excluding carboxylic acids is 5. The molecule has 0 spiro atoms. The van der Waals surface area contributed by atoms with E-state index < -0.39 is 42.1 Å². The van der Waals surface area contributed by atoms with Crippen LogP contribution in [-0.4, -0.2) is 119 Å². The summed E-state index contributed by atoms with van der Waals surface area (Å²) in [7, 11) is 1.88. The van der Waals surface area contributed by atoms with Crippen LogP contribution in [0.1, 0.15) is 46.0 Å². The summed E-state index contributed by atoms with van der Waals surface area (Å²) in [5.41, 5.74) is 0. The number of carbonyl (C=O) groups is 5. The Morgan fingerprint density at radius 3 is 2.18 bits per heavy atom. The van der Waals surface area contributed by atoms with Crippen molar-refractivity contribution < 1.29 is 28.7 Å². The van der Waals surface area contributed by atoms with E-state index in [0.29, 0.717) is 58.4 Å². The highest BCUT2D eigenvalue weighted by Gasteiger charge is 2.44. The average molecular weight is 478 g/mol. The first-order valence-corrected chi connectivity index (χ1v) is 12.3. The zero-order valence-electron chi connectivity index (χ0n) is 20.2. The zero-order chi connectivity index (χ0) is 24.6. The molecule has 5 atom stereocenters. The van der Waals surface area contributed by atoms with E-state index in [9.17, 15) is 24.0 Å². The fraction of sp³-hybridized carbons (Fsp3) is 0.783. The molecule has 4 aliphatic rings. The minimum Gasteiger partial charge on any atom is -0.461 e. The second-order valence-electron chi connectivity index (χ2n) is 9.93. The predicted octanol–water partition coefficient (Wildman–Crippen LogP) is -1.05. The molecule has 11 nitrogen and oxygen atoms in total. The molecule has 0 saturated carbocycles. The Balaban J connectivity index is 1.64. The van der Waals surface area contributed by atoms with E-state index in [2.05, 4.69) is 5.32 Å². The number of amides is 4. The average Bonchev–Trinajstić information content (AvgIpc) is 3.47. The van der Waals surface area contributed by atoms with Crippen LogP contribution >= 0.6 is 0 Å². The van der Waals surface area contributed by atoms with Crippen molar-refractivity contribution in [3.05, 3.63) is 0 Å². The summed E-state index contributed by atoms with van der Waals surface area (Å²) in [4.78, 5) is 72.4. The van der Waals surface area contributed by atoms with Crippen molar-refractivity contribution >= 4 is 29.6 Å². The van der Waals surface area contributed by atoms with E-state index in [1.54, 1.807) is 23.6 Å². The van der Waals surface area contributed by atoms with Crippen molar-refractivity contribution in [2.75, 3.05) is 39.8 Å². The lowest BCUT2D eigenvalue weighted by Crippen LogP contribution is -2.64. The smallest absolute Gasteiger partial charge is 0.329 e. The SMILES string of the molecule is CC1CC(=O)N2CCCC2C(=O)N2CCN(C)CC2C(=O)NC(C)C(=O)N2CCCC2C(=O)O1. The molecule has 11 heteroatoms. The second-order valence-corrected chi connectivity index (χ2v) is 9.93.